The Kier molecular flexibility index (Phi) is 6.13. The largest absolute Gasteiger partial charge is 0.378 e. The van der Waals surface area contributed by atoms with Crippen molar-refractivity contribution in [2.45, 2.75) is 17.4 Å². The molecule has 4 rings (SSSR count). The van der Waals surface area contributed by atoms with Crippen LogP contribution in [0, 0.1) is 0 Å². The zero-order chi connectivity index (χ0) is 21.0. The third-order valence-corrected chi connectivity index (χ3v) is 6.70. The van der Waals surface area contributed by atoms with E-state index in [0.717, 1.165) is 16.3 Å². The molecule has 1 N–H and O–H groups in total. The van der Waals surface area contributed by atoms with Crippen LogP contribution < -0.4 is 4.72 Å². The minimum absolute atomic E-state index is 0.147. The highest BCUT2D eigenvalue weighted by atomic mass is 32.2. The van der Waals surface area contributed by atoms with Crippen molar-refractivity contribution >= 4 is 26.7 Å². The number of rotatable bonds is 6. The predicted molar refractivity (Wildman–Crippen MR) is 116 cm³/mol. The third kappa shape index (κ3) is 4.70. The second-order valence-electron chi connectivity index (χ2n) is 7.31. The SMILES string of the molecule is O=C(C(Cc1ccccc1)NS(=O)(=O)c1ccc2ccccc2c1)N1CCOCC1. The molecule has 1 aliphatic heterocycles. The van der Waals surface area contributed by atoms with Crippen molar-refractivity contribution in [2.24, 2.45) is 0 Å². The minimum atomic E-state index is -3.88. The zero-order valence-corrected chi connectivity index (χ0v) is 17.3. The van der Waals surface area contributed by atoms with Crippen molar-refractivity contribution in [2.75, 3.05) is 26.3 Å². The van der Waals surface area contributed by atoms with Crippen LogP contribution in [0.4, 0.5) is 0 Å². The van der Waals surface area contributed by atoms with Crippen molar-refractivity contribution in [3.8, 4) is 0 Å². The van der Waals surface area contributed by atoms with Crippen molar-refractivity contribution in [3.05, 3.63) is 78.4 Å². The Hall–Kier alpha value is -2.74. The van der Waals surface area contributed by atoms with Gasteiger partial charge < -0.3 is 9.64 Å². The topological polar surface area (TPSA) is 75.7 Å². The van der Waals surface area contributed by atoms with Gasteiger partial charge in [0.2, 0.25) is 15.9 Å². The summed E-state index contributed by atoms with van der Waals surface area (Å²) in [5.41, 5.74) is 0.894. The smallest absolute Gasteiger partial charge is 0.241 e. The molecule has 0 saturated carbocycles. The summed E-state index contributed by atoms with van der Waals surface area (Å²) < 4.78 is 34.3. The molecule has 7 heteroatoms. The number of benzene rings is 3. The molecule has 0 bridgehead atoms. The number of carbonyl (C=O) groups is 1. The lowest BCUT2D eigenvalue weighted by molar-refractivity contribution is -0.137. The molecule has 1 aliphatic rings. The molecule has 1 amide bonds. The normalized spacial score (nSPS) is 15.8. The highest BCUT2D eigenvalue weighted by Gasteiger charge is 2.30. The molecule has 1 heterocycles. The molecule has 0 radical (unpaired) electrons. The van der Waals surface area contributed by atoms with Gasteiger partial charge in [0.1, 0.15) is 6.04 Å². The summed E-state index contributed by atoms with van der Waals surface area (Å²) >= 11 is 0. The molecule has 156 valence electrons. The van der Waals surface area contributed by atoms with Gasteiger partial charge >= 0.3 is 0 Å². The molecule has 0 aliphatic carbocycles. The Morgan fingerprint density at radius 3 is 2.33 bits per heavy atom. The van der Waals surface area contributed by atoms with E-state index in [1.165, 1.54) is 0 Å². The molecule has 1 atom stereocenters. The summed E-state index contributed by atoms with van der Waals surface area (Å²) in [4.78, 5) is 15.0. The van der Waals surface area contributed by atoms with Crippen LogP contribution in [-0.4, -0.2) is 51.6 Å². The van der Waals surface area contributed by atoms with Gasteiger partial charge in [-0.3, -0.25) is 4.79 Å². The summed E-state index contributed by atoms with van der Waals surface area (Å²) in [6, 6.07) is 21.1. The van der Waals surface area contributed by atoms with Crippen LogP contribution in [0.2, 0.25) is 0 Å². The number of hydrogen-bond acceptors (Lipinski definition) is 4. The van der Waals surface area contributed by atoms with Gasteiger partial charge in [-0.05, 0) is 34.9 Å². The number of sulfonamides is 1. The monoisotopic (exact) mass is 424 g/mol. The highest BCUT2D eigenvalue weighted by molar-refractivity contribution is 7.89. The molecular formula is C23H24N2O4S. The highest BCUT2D eigenvalue weighted by Crippen LogP contribution is 2.20. The van der Waals surface area contributed by atoms with E-state index >= 15 is 0 Å². The van der Waals surface area contributed by atoms with Crippen molar-refractivity contribution in [1.82, 2.24) is 9.62 Å². The fourth-order valence-electron chi connectivity index (χ4n) is 3.62. The number of amides is 1. The van der Waals surface area contributed by atoms with E-state index in [1.807, 2.05) is 54.6 Å². The first-order valence-corrected chi connectivity index (χ1v) is 11.4. The van der Waals surface area contributed by atoms with Gasteiger partial charge in [0, 0.05) is 13.1 Å². The number of fused-ring (bicyclic) bond motifs is 1. The fourth-order valence-corrected chi connectivity index (χ4v) is 4.85. The minimum Gasteiger partial charge on any atom is -0.378 e. The maximum Gasteiger partial charge on any atom is 0.241 e. The Balaban J connectivity index is 1.62. The lowest BCUT2D eigenvalue weighted by atomic mass is 10.1. The van der Waals surface area contributed by atoms with Crippen LogP contribution in [0.1, 0.15) is 5.56 Å². The Morgan fingerprint density at radius 1 is 0.933 bits per heavy atom. The first-order chi connectivity index (χ1) is 14.5. The number of hydrogen-bond donors (Lipinski definition) is 1. The second-order valence-corrected chi connectivity index (χ2v) is 9.02. The molecule has 30 heavy (non-hydrogen) atoms. The number of nitrogens with zero attached hydrogens (tertiary/aromatic N) is 1. The molecule has 0 spiro atoms. The van der Waals surface area contributed by atoms with Crippen LogP contribution in [0.3, 0.4) is 0 Å². The van der Waals surface area contributed by atoms with E-state index < -0.39 is 16.1 Å². The van der Waals surface area contributed by atoms with Gasteiger partial charge in [0.15, 0.2) is 0 Å². The summed E-state index contributed by atoms with van der Waals surface area (Å²) in [7, 11) is -3.88. The van der Waals surface area contributed by atoms with Crippen molar-refractivity contribution in [1.29, 1.82) is 0 Å². The quantitative estimate of drug-likeness (QED) is 0.660. The molecule has 3 aromatic rings. The average Bonchev–Trinajstić information content (AvgIpc) is 2.79. The van der Waals surface area contributed by atoms with Crippen LogP contribution in [0.25, 0.3) is 10.8 Å². The first kappa shape index (κ1) is 20.5. The van der Waals surface area contributed by atoms with E-state index in [4.69, 9.17) is 4.74 Å². The lowest BCUT2D eigenvalue weighted by Crippen LogP contribution is -2.52. The number of ether oxygens (including phenoxy) is 1. The predicted octanol–water partition coefficient (Wildman–Crippen LogP) is 2.59. The lowest BCUT2D eigenvalue weighted by Gasteiger charge is -2.30. The van der Waals surface area contributed by atoms with E-state index in [0.29, 0.717) is 26.3 Å². The Labute approximate surface area is 176 Å². The van der Waals surface area contributed by atoms with E-state index in [-0.39, 0.29) is 17.2 Å². The molecule has 6 nitrogen and oxygen atoms in total. The van der Waals surface area contributed by atoms with Crippen LogP contribution >= 0.6 is 0 Å². The number of nitrogens with one attached hydrogen (secondary N) is 1. The van der Waals surface area contributed by atoms with Gasteiger partial charge in [-0.1, -0.05) is 60.7 Å². The maximum atomic E-state index is 13.2. The van der Waals surface area contributed by atoms with Gasteiger partial charge in [-0.15, -0.1) is 0 Å². The molecule has 0 aromatic heterocycles. The standard InChI is InChI=1S/C23H24N2O4S/c26-23(25-12-14-29-15-13-25)22(16-18-6-2-1-3-7-18)24-30(27,28)21-11-10-19-8-4-5-9-20(19)17-21/h1-11,17,22,24H,12-16H2. The van der Waals surface area contributed by atoms with Crippen LogP contribution in [0.5, 0.6) is 0 Å². The first-order valence-electron chi connectivity index (χ1n) is 9.94. The van der Waals surface area contributed by atoms with Crippen molar-refractivity contribution < 1.29 is 17.9 Å². The van der Waals surface area contributed by atoms with Gasteiger partial charge in [-0.25, -0.2) is 8.42 Å². The van der Waals surface area contributed by atoms with E-state index in [9.17, 15) is 13.2 Å². The molecule has 1 saturated heterocycles. The zero-order valence-electron chi connectivity index (χ0n) is 16.5. The Bertz CT molecular complexity index is 1130. The summed E-state index contributed by atoms with van der Waals surface area (Å²) in [5, 5.41) is 1.79. The van der Waals surface area contributed by atoms with E-state index in [1.54, 1.807) is 23.1 Å². The molecular weight excluding hydrogens is 400 g/mol. The van der Waals surface area contributed by atoms with Crippen molar-refractivity contribution in [3.63, 3.8) is 0 Å². The summed E-state index contributed by atoms with van der Waals surface area (Å²) in [5.74, 6) is -0.230. The molecule has 1 fully saturated rings. The summed E-state index contributed by atoms with van der Waals surface area (Å²) in [6.45, 7) is 1.84. The second kappa shape index (κ2) is 8.95. The van der Waals surface area contributed by atoms with Crippen LogP contribution in [-0.2, 0) is 26.0 Å². The average molecular weight is 425 g/mol. The van der Waals surface area contributed by atoms with E-state index in [2.05, 4.69) is 4.72 Å². The van der Waals surface area contributed by atoms with Gasteiger partial charge in [-0.2, -0.15) is 4.72 Å². The van der Waals surface area contributed by atoms with Gasteiger partial charge in [0.05, 0.1) is 18.1 Å². The number of morpholine rings is 1. The van der Waals surface area contributed by atoms with Gasteiger partial charge in [0.25, 0.3) is 0 Å². The Morgan fingerprint density at radius 2 is 1.60 bits per heavy atom. The molecule has 3 aromatic carbocycles. The fraction of sp³-hybridized carbons (Fsp3) is 0.261. The molecule has 1 unspecified atom stereocenters. The number of carbonyl (C=O) groups excluding carboxylic acids is 1. The summed E-state index contributed by atoms with van der Waals surface area (Å²) in [6.07, 6.45) is 0.282. The maximum absolute atomic E-state index is 13.2. The third-order valence-electron chi connectivity index (χ3n) is 5.23. The van der Waals surface area contributed by atoms with Crippen LogP contribution in [0.15, 0.2) is 77.7 Å².